The van der Waals surface area contributed by atoms with Gasteiger partial charge in [-0.25, -0.2) is 0 Å². The largest absolute Gasteiger partial charge is 0.465 e. The van der Waals surface area contributed by atoms with E-state index in [1.807, 2.05) is 0 Å². The standard InChI is InChI=1S/C10H19NO2/c1-8(2)5-7-13-10(12)9-4-3-6-11-9/h8-9,11H,3-7H2,1-2H3/t9-/m1/s1. The quantitative estimate of drug-likeness (QED) is 0.671. The van der Waals surface area contributed by atoms with Gasteiger partial charge in [-0.1, -0.05) is 13.8 Å². The monoisotopic (exact) mass is 185 g/mol. The molecule has 1 aliphatic rings. The summed E-state index contributed by atoms with van der Waals surface area (Å²) < 4.78 is 5.14. The zero-order valence-electron chi connectivity index (χ0n) is 8.51. The number of rotatable bonds is 4. The van der Waals surface area contributed by atoms with Crippen LogP contribution in [0.1, 0.15) is 33.1 Å². The summed E-state index contributed by atoms with van der Waals surface area (Å²) in [5.41, 5.74) is 0. The molecule has 0 unspecified atom stereocenters. The van der Waals surface area contributed by atoms with E-state index in [1.54, 1.807) is 0 Å². The van der Waals surface area contributed by atoms with Crippen molar-refractivity contribution in [1.82, 2.24) is 5.32 Å². The van der Waals surface area contributed by atoms with Gasteiger partial charge >= 0.3 is 5.97 Å². The number of hydrogen-bond donors (Lipinski definition) is 1. The maximum atomic E-state index is 11.3. The first-order valence-corrected chi connectivity index (χ1v) is 5.10. The van der Waals surface area contributed by atoms with Crippen molar-refractivity contribution in [2.24, 2.45) is 5.92 Å². The van der Waals surface area contributed by atoms with Crippen LogP contribution in [0.4, 0.5) is 0 Å². The fourth-order valence-corrected chi connectivity index (χ4v) is 1.38. The van der Waals surface area contributed by atoms with Gasteiger partial charge in [0.1, 0.15) is 6.04 Å². The van der Waals surface area contributed by atoms with Gasteiger partial charge in [-0.15, -0.1) is 0 Å². The molecule has 0 bridgehead atoms. The summed E-state index contributed by atoms with van der Waals surface area (Å²) in [7, 11) is 0. The summed E-state index contributed by atoms with van der Waals surface area (Å²) in [5.74, 6) is 0.530. The van der Waals surface area contributed by atoms with E-state index >= 15 is 0 Å². The molecule has 1 saturated heterocycles. The Morgan fingerprint density at radius 1 is 1.62 bits per heavy atom. The van der Waals surface area contributed by atoms with Crippen molar-refractivity contribution in [3.8, 4) is 0 Å². The molecule has 0 spiro atoms. The second kappa shape index (κ2) is 5.22. The number of carbonyl (C=O) groups is 1. The fraction of sp³-hybridized carbons (Fsp3) is 0.900. The first kappa shape index (κ1) is 10.5. The Morgan fingerprint density at radius 2 is 2.38 bits per heavy atom. The predicted octanol–water partition coefficient (Wildman–Crippen LogP) is 1.33. The number of nitrogens with one attached hydrogen (secondary N) is 1. The molecule has 0 aliphatic carbocycles. The number of hydrogen-bond acceptors (Lipinski definition) is 3. The Balaban J connectivity index is 2.10. The number of esters is 1. The summed E-state index contributed by atoms with van der Waals surface area (Å²) in [6.45, 7) is 5.77. The topological polar surface area (TPSA) is 38.3 Å². The molecule has 0 amide bonds. The average Bonchev–Trinajstić information content (AvgIpc) is 2.55. The highest BCUT2D eigenvalue weighted by atomic mass is 16.5. The van der Waals surface area contributed by atoms with Crippen LogP contribution in [0.15, 0.2) is 0 Å². The van der Waals surface area contributed by atoms with E-state index in [4.69, 9.17) is 4.74 Å². The molecule has 0 aromatic heterocycles. The van der Waals surface area contributed by atoms with Crippen LogP contribution in [0, 0.1) is 5.92 Å². The first-order valence-electron chi connectivity index (χ1n) is 5.10. The smallest absolute Gasteiger partial charge is 0.323 e. The highest BCUT2D eigenvalue weighted by molar-refractivity contribution is 5.76. The lowest BCUT2D eigenvalue weighted by molar-refractivity contribution is -0.146. The third-order valence-electron chi connectivity index (χ3n) is 2.28. The molecule has 0 radical (unpaired) electrons. The van der Waals surface area contributed by atoms with Gasteiger partial charge in [-0.2, -0.15) is 0 Å². The van der Waals surface area contributed by atoms with Crippen molar-refractivity contribution < 1.29 is 9.53 Å². The Morgan fingerprint density at radius 3 is 2.92 bits per heavy atom. The third-order valence-corrected chi connectivity index (χ3v) is 2.28. The molecular formula is C10H19NO2. The van der Waals surface area contributed by atoms with Crippen LogP contribution in [0.2, 0.25) is 0 Å². The lowest BCUT2D eigenvalue weighted by Crippen LogP contribution is -2.32. The van der Waals surface area contributed by atoms with Gasteiger partial charge in [0, 0.05) is 0 Å². The highest BCUT2D eigenvalue weighted by Gasteiger charge is 2.22. The van der Waals surface area contributed by atoms with E-state index in [-0.39, 0.29) is 12.0 Å². The van der Waals surface area contributed by atoms with Crippen LogP contribution >= 0.6 is 0 Å². The summed E-state index contributed by atoms with van der Waals surface area (Å²) in [6, 6.07) is -0.0350. The van der Waals surface area contributed by atoms with Gasteiger partial charge in [0.15, 0.2) is 0 Å². The first-order chi connectivity index (χ1) is 6.20. The van der Waals surface area contributed by atoms with Crippen LogP contribution in [0.3, 0.4) is 0 Å². The van der Waals surface area contributed by atoms with Crippen LogP contribution < -0.4 is 5.32 Å². The lowest BCUT2D eigenvalue weighted by Gasteiger charge is -2.10. The van der Waals surface area contributed by atoms with E-state index in [2.05, 4.69) is 19.2 Å². The second-order valence-corrected chi connectivity index (χ2v) is 4.00. The van der Waals surface area contributed by atoms with Crippen LogP contribution in [-0.4, -0.2) is 25.2 Å². The summed E-state index contributed by atoms with van der Waals surface area (Å²) >= 11 is 0. The summed E-state index contributed by atoms with van der Waals surface area (Å²) in [6.07, 6.45) is 2.98. The van der Waals surface area contributed by atoms with Gasteiger partial charge in [0.2, 0.25) is 0 Å². The van der Waals surface area contributed by atoms with Crippen LogP contribution in [0.25, 0.3) is 0 Å². The summed E-state index contributed by atoms with van der Waals surface area (Å²) in [4.78, 5) is 11.3. The zero-order chi connectivity index (χ0) is 9.68. The normalized spacial score (nSPS) is 22.2. The highest BCUT2D eigenvalue weighted by Crippen LogP contribution is 2.07. The molecule has 13 heavy (non-hydrogen) atoms. The lowest BCUT2D eigenvalue weighted by atomic mass is 10.1. The van der Waals surface area contributed by atoms with Crippen LogP contribution in [-0.2, 0) is 9.53 Å². The Hall–Kier alpha value is -0.570. The van der Waals surface area contributed by atoms with Crippen molar-refractivity contribution in [2.75, 3.05) is 13.2 Å². The predicted molar refractivity (Wildman–Crippen MR) is 51.4 cm³/mol. The van der Waals surface area contributed by atoms with Gasteiger partial charge < -0.3 is 10.1 Å². The van der Waals surface area contributed by atoms with E-state index in [0.717, 1.165) is 25.8 Å². The van der Waals surface area contributed by atoms with E-state index in [1.165, 1.54) is 0 Å². The molecule has 0 saturated carbocycles. The van der Waals surface area contributed by atoms with Gasteiger partial charge in [-0.05, 0) is 31.7 Å². The zero-order valence-corrected chi connectivity index (χ0v) is 8.51. The molecule has 1 N–H and O–H groups in total. The fourth-order valence-electron chi connectivity index (χ4n) is 1.38. The van der Waals surface area contributed by atoms with Crippen molar-refractivity contribution in [3.63, 3.8) is 0 Å². The number of carbonyl (C=O) groups excluding carboxylic acids is 1. The Kier molecular flexibility index (Phi) is 4.22. The Labute approximate surface area is 79.8 Å². The minimum Gasteiger partial charge on any atom is -0.465 e. The molecule has 1 atom stereocenters. The molecule has 1 heterocycles. The molecular weight excluding hydrogens is 166 g/mol. The van der Waals surface area contributed by atoms with Crippen molar-refractivity contribution in [1.29, 1.82) is 0 Å². The molecule has 3 nitrogen and oxygen atoms in total. The minimum absolute atomic E-state index is 0.0350. The maximum Gasteiger partial charge on any atom is 0.323 e. The van der Waals surface area contributed by atoms with Crippen molar-refractivity contribution in [3.05, 3.63) is 0 Å². The molecule has 0 aromatic carbocycles. The van der Waals surface area contributed by atoms with E-state index in [0.29, 0.717) is 12.5 Å². The maximum absolute atomic E-state index is 11.3. The average molecular weight is 185 g/mol. The molecule has 1 rings (SSSR count). The van der Waals surface area contributed by atoms with Gasteiger partial charge in [0.25, 0.3) is 0 Å². The molecule has 0 aromatic rings. The van der Waals surface area contributed by atoms with Crippen molar-refractivity contribution >= 4 is 5.97 Å². The molecule has 1 aliphatic heterocycles. The van der Waals surface area contributed by atoms with E-state index in [9.17, 15) is 4.79 Å². The van der Waals surface area contributed by atoms with Crippen molar-refractivity contribution in [2.45, 2.75) is 39.2 Å². The summed E-state index contributed by atoms with van der Waals surface area (Å²) in [5, 5.41) is 3.12. The molecule has 76 valence electrons. The van der Waals surface area contributed by atoms with Gasteiger partial charge in [-0.3, -0.25) is 4.79 Å². The second-order valence-electron chi connectivity index (χ2n) is 4.00. The molecule has 1 fully saturated rings. The number of ether oxygens (including phenoxy) is 1. The Bertz CT molecular complexity index is 162. The SMILES string of the molecule is CC(C)CCOC(=O)[C@H]1CCCN1. The minimum atomic E-state index is -0.0712. The van der Waals surface area contributed by atoms with E-state index < -0.39 is 0 Å². The van der Waals surface area contributed by atoms with Crippen LogP contribution in [0.5, 0.6) is 0 Å². The molecule has 3 heteroatoms. The third kappa shape index (κ3) is 3.77. The van der Waals surface area contributed by atoms with Gasteiger partial charge in [0.05, 0.1) is 6.61 Å².